The van der Waals surface area contributed by atoms with Gasteiger partial charge in [0.25, 0.3) is 0 Å². The Labute approximate surface area is 160 Å². The van der Waals surface area contributed by atoms with Crippen molar-refractivity contribution < 1.29 is 9.59 Å². The van der Waals surface area contributed by atoms with E-state index in [1.165, 1.54) is 0 Å². The first kappa shape index (κ1) is 19.0. The first-order valence-electron chi connectivity index (χ1n) is 9.48. The lowest BCUT2D eigenvalue weighted by Crippen LogP contribution is -2.35. The van der Waals surface area contributed by atoms with Crippen LogP contribution in [0.5, 0.6) is 0 Å². The van der Waals surface area contributed by atoms with Crippen molar-refractivity contribution in [1.82, 2.24) is 5.32 Å². The summed E-state index contributed by atoms with van der Waals surface area (Å²) in [6.45, 7) is 6.09. The van der Waals surface area contributed by atoms with Crippen molar-refractivity contribution in [3.05, 3.63) is 59.7 Å². The van der Waals surface area contributed by atoms with Gasteiger partial charge in [-0.3, -0.25) is 4.79 Å². The van der Waals surface area contributed by atoms with Crippen LogP contribution >= 0.6 is 0 Å². The number of carbonyl (C=O) groups is 2. The van der Waals surface area contributed by atoms with Gasteiger partial charge in [-0.2, -0.15) is 0 Å². The number of benzene rings is 2. The third-order valence-corrected chi connectivity index (χ3v) is 4.81. The minimum absolute atomic E-state index is 0.0539. The summed E-state index contributed by atoms with van der Waals surface area (Å²) in [6.07, 6.45) is 1.92. The van der Waals surface area contributed by atoms with Crippen LogP contribution < -0.4 is 16.0 Å². The van der Waals surface area contributed by atoms with Gasteiger partial charge in [0.2, 0.25) is 5.91 Å². The van der Waals surface area contributed by atoms with Crippen LogP contribution in [-0.4, -0.2) is 11.9 Å². The van der Waals surface area contributed by atoms with Crippen LogP contribution in [0.3, 0.4) is 0 Å². The number of urea groups is 1. The molecule has 0 aliphatic heterocycles. The second kappa shape index (κ2) is 8.25. The maximum absolute atomic E-state index is 12.6. The fraction of sp³-hybridized carbons (Fsp3) is 0.364. The van der Waals surface area contributed by atoms with Crippen LogP contribution in [0.15, 0.2) is 48.5 Å². The number of carbonyl (C=O) groups excluding carboxylic acids is 2. The molecule has 1 unspecified atom stereocenters. The highest BCUT2D eigenvalue weighted by Crippen LogP contribution is 2.31. The van der Waals surface area contributed by atoms with Crippen LogP contribution in [0, 0.1) is 18.8 Å². The maximum atomic E-state index is 12.6. The molecule has 0 radical (unpaired) electrons. The average Bonchev–Trinajstić information content (AvgIpc) is 3.48. The number of anilines is 2. The van der Waals surface area contributed by atoms with E-state index in [-0.39, 0.29) is 29.8 Å². The second-order valence-electron chi connectivity index (χ2n) is 7.52. The molecule has 1 aliphatic carbocycles. The Bertz CT molecular complexity index is 814. The summed E-state index contributed by atoms with van der Waals surface area (Å²) in [7, 11) is 0. The third kappa shape index (κ3) is 5.09. The summed E-state index contributed by atoms with van der Waals surface area (Å²) in [5.41, 5.74) is 3.41. The fourth-order valence-electron chi connectivity index (χ4n) is 3.02. The van der Waals surface area contributed by atoms with Gasteiger partial charge in [0.1, 0.15) is 0 Å². The molecule has 142 valence electrons. The smallest absolute Gasteiger partial charge is 0.319 e. The minimum atomic E-state index is -0.258. The predicted octanol–water partition coefficient (Wildman–Crippen LogP) is 4.86. The van der Waals surface area contributed by atoms with Crippen molar-refractivity contribution >= 4 is 23.3 Å². The number of hydrogen-bond acceptors (Lipinski definition) is 2. The zero-order valence-corrected chi connectivity index (χ0v) is 16.1. The van der Waals surface area contributed by atoms with Crippen molar-refractivity contribution in [3.8, 4) is 0 Å². The molecule has 0 saturated heterocycles. The topological polar surface area (TPSA) is 70.2 Å². The van der Waals surface area contributed by atoms with Crippen LogP contribution in [0.1, 0.15) is 43.9 Å². The number of aryl methyl sites for hydroxylation is 1. The molecule has 27 heavy (non-hydrogen) atoms. The third-order valence-electron chi connectivity index (χ3n) is 4.81. The summed E-state index contributed by atoms with van der Waals surface area (Å²) in [5, 5.41) is 8.90. The SMILES string of the molecule is Cc1ccc(NC(=O)C2CC2)cc1NC(=O)NC(c1ccccc1)C(C)C. The minimum Gasteiger partial charge on any atom is -0.331 e. The first-order chi connectivity index (χ1) is 12.9. The van der Waals surface area contributed by atoms with E-state index >= 15 is 0 Å². The summed E-state index contributed by atoms with van der Waals surface area (Å²) >= 11 is 0. The molecule has 1 fully saturated rings. The molecule has 3 N–H and O–H groups in total. The maximum Gasteiger partial charge on any atom is 0.319 e. The molecule has 0 aromatic heterocycles. The van der Waals surface area contributed by atoms with Gasteiger partial charge in [-0.25, -0.2) is 4.79 Å². The molecule has 0 bridgehead atoms. The van der Waals surface area contributed by atoms with Crippen LogP contribution in [-0.2, 0) is 4.79 Å². The molecule has 3 amide bonds. The van der Waals surface area contributed by atoms with E-state index in [4.69, 9.17) is 0 Å². The Morgan fingerprint density at radius 2 is 1.70 bits per heavy atom. The summed E-state index contributed by atoms with van der Waals surface area (Å²) in [6, 6.07) is 15.2. The number of rotatable bonds is 6. The molecule has 3 rings (SSSR count). The van der Waals surface area contributed by atoms with Crippen molar-refractivity contribution in [1.29, 1.82) is 0 Å². The lowest BCUT2D eigenvalue weighted by atomic mass is 9.96. The van der Waals surface area contributed by atoms with E-state index < -0.39 is 0 Å². The van der Waals surface area contributed by atoms with Crippen LogP contribution in [0.25, 0.3) is 0 Å². The molecule has 5 nitrogen and oxygen atoms in total. The fourth-order valence-corrected chi connectivity index (χ4v) is 3.02. The van der Waals surface area contributed by atoms with E-state index in [2.05, 4.69) is 29.8 Å². The van der Waals surface area contributed by atoms with E-state index in [1.807, 2.05) is 55.5 Å². The van der Waals surface area contributed by atoms with Crippen molar-refractivity contribution in [3.63, 3.8) is 0 Å². The molecule has 5 heteroatoms. The molecule has 2 aromatic rings. The van der Waals surface area contributed by atoms with Crippen LogP contribution in [0.4, 0.5) is 16.2 Å². The monoisotopic (exact) mass is 365 g/mol. The molecule has 0 spiro atoms. The predicted molar refractivity (Wildman–Crippen MR) is 109 cm³/mol. The highest BCUT2D eigenvalue weighted by molar-refractivity contribution is 5.96. The summed E-state index contributed by atoms with van der Waals surface area (Å²) in [4.78, 5) is 24.6. The molecular formula is C22H27N3O2. The van der Waals surface area contributed by atoms with Crippen LogP contribution in [0.2, 0.25) is 0 Å². The van der Waals surface area contributed by atoms with Gasteiger partial charge < -0.3 is 16.0 Å². The Balaban J connectivity index is 1.68. The van der Waals surface area contributed by atoms with Crippen molar-refractivity contribution in [2.45, 2.75) is 39.7 Å². The molecule has 2 aromatic carbocycles. The van der Waals surface area contributed by atoms with Gasteiger partial charge in [-0.05, 0) is 48.9 Å². The Hall–Kier alpha value is -2.82. The molecule has 1 saturated carbocycles. The molecule has 1 aliphatic rings. The lowest BCUT2D eigenvalue weighted by molar-refractivity contribution is -0.117. The Morgan fingerprint density at radius 3 is 2.33 bits per heavy atom. The van der Waals surface area contributed by atoms with Gasteiger partial charge in [-0.15, -0.1) is 0 Å². The highest BCUT2D eigenvalue weighted by atomic mass is 16.2. The first-order valence-corrected chi connectivity index (χ1v) is 9.48. The van der Waals surface area contributed by atoms with E-state index in [9.17, 15) is 9.59 Å². The van der Waals surface area contributed by atoms with Crippen molar-refractivity contribution in [2.75, 3.05) is 10.6 Å². The Morgan fingerprint density at radius 1 is 1.00 bits per heavy atom. The van der Waals surface area contributed by atoms with E-state index in [0.29, 0.717) is 11.4 Å². The zero-order valence-electron chi connectivity index (χ0n) is 16.1. The van der Waals surface area contributed by atoms with Gasteiger partial charge in [0.15, 0.2) is 0 Å². The quantitative estimate of drug-likeness (QED) is 0.684. The normalized spacial score (nSPS) is 14.5. The van der Waals surface area contributed by atoms with Gasteiger partial charge in [0, 0.05) is 17.3 Å². The molecule has 1 atom stereocenters. The highest BCUT2D eigenvalue weighted by Gasteiger charge is 2.29. The van der Waals surface area contributed by atoms with E-state index in [0.717, 1.165) is 24.0 Å². The van der Waals surface area contributed by atoms with Gasteiger partial charge in [0.05, 0.1) is 6.04 Å². The molecule has 0 heterocycles. The Kier molecular flexibility index (Phi) is 5.79. The number of nitrogens with one attached hydrogen (secondary N) is 3. The van der Waals surface area contributed by atoms with Crippen molar-refractivity contribution in [2.24, 2.45) is 11.8 Å². The largest absolute Gasteiger partial charge is 0.331 e. The lowest BCUT2D eigenvalue weighted by Gasteiger charge is -2.23. The molecular weight excluding hydrogens is 338 g/mol. The number of amides is 3. The summed E-state index contributed by atoms with van der Waals surface area (Å²) < 4.78 is 0. The second-order valence-corrected chi connectivity index (χ2v) is 7.52. The zero-order chi connectivity index (χ0) is 19.4. The number of hydrogen-bond donors (Lipinski definition) is 3. The van der Waals surface area contributed by atoms with E-state index in [1.54, 1.807) is 0 Å². The average molecular weight is 365 g/mol. The summed E-state index contributed by atoms with van der Waals surface area (Å²) in [5.74, 6) is 0.449. The van der Waals surface area contributed by atoms with Gasteiger partial charge in [-0.1, -0.05) is 50.2 Å². The standard InChI is InChI=1S/C22H27N3O2/c1-14(2)20(16-7-5-4-6-8-16)25-22(27)24-19-13-18(12-9-15(19)3)23-21(26)17-10-11-17/h4-9,12-14,17,20H,10-11H2,1-3H3,(H,23,26)(H2,24,25,27). The van der Waals surface area contributed by atoms with Gasteiger partial charge >= 0.3 is 6.03 Å².